The molecule has 5 heteroatoms. The number of aliphatic hydroxyl groups excluding tert-OH is 1. The van der Waals surface area contributed by atoms with Crippen LogP contribution in [-0.4, -0.2) is 32.0 Å². The van der Waals surface area contributed by atoms with E-state index >= 15 is 0 Å². The van der Waals surface area contributed by atoms with Crippen LogP contribution in [0.1, 0.15) is 22.6 Å². The second kappa shape index (κ2) is 6.79. The summed E-state index contributed by atoms with van der Waals surface area (Å²) < 4.78 is 16.5. The first-order valence-corrected chi connectivity index (χ1v) is 7.78. The van der Waals surface area contributed by atoms with Gasteiger partial charge < -0.3 is 19.3 Å². The van der Waals surface area contributed by atoms with Gasteiger partial charge in [0.25, 0.3) is 0 Å². The number of aliphatic hydroxyl groups is 1. The van der Waals surface area contributed by atoms with Crippen molar-refractivity contribution in [1.82, 2.24) is 0 Å². The molecule has 0 amide bonds. The number of benzene rings is 2. The summed E-state index contributed by atoms with van der Waals surface area (Å²) >= 11 is 5.99. The Balaban J connectivity index is 2.18. The van der Waals surface area contributed by atoms with Crippen molar-refractivity contribution in [1.29, 1.82) is 0 Å². The van der Waals surface area contributed by atoms with E-state index in [1.165, 1.54) is 0 Å². The predicted molar refractivity (Wildman–Crippen MR) is 88.5 cm³/mol. The van der Waals surface area contributed by atoms with Gasteiger partial charge in [-0.1, -0.05) is 23.7 Å². The molecular formula is C18H19ClO4. The van der Waals surface area contributed by atoms with Crippen LogP contribution in [0.4, 0.5) is 0 Å². The highest BCUT2D eigenvalue weighted by Crippen LogP contribution is 2.41. The SMILES string of the molecule is COc1cc2c(c(OC)c1)[C@@H](c1ccc(Cl)cc1)[C@H](O)COC2. The Morgan fingerprint density at radius 1 is 1.13 bits per heavy atom. The maximum Gasteiger partial charge on any atom is 0.126 e. The van der Waals surface area contributed by atoms with Crippen molar-refractivity contribution in [2.24, 2.45) is 0 Å². The van der Waals surface area contributed by atoms with E-state index in [-0.39, 0.29) is 12.5 Å². The second-order valence-corrected chi connectivity index (χ2v) is 5.95. The van der Waals surface area contributed by atoms with Crippen molar-refractivity contribution in [2.75, 3.05) is 20.8 Å². The summed E-state index contributed by atoms with van der Waals surface area (Å²) in [4.78, 5) is 0. The summed E-state index contributed by atoms with van der Waals surface area (Å²) in [5.74, 6) is 1.14. The molecule has 122 valence electrons. The predicted octanol–water partition coefficient (Wildman–Crippen LogP) is 3.38. The van der Waals surface area contributed by atoms with Crippen molar-refractivity contribution < 1.29 is 19.3 Å². The highest BCUT2D eigenvalue weighted by Gasteiger charge is 2.31. The number of rotatable bonds is 3. The Kier molecular flexibility index (Phi) is 4.76. The Hall–Kier alpha value is -1.75. The van der Waals surface area contributed by atoms with Gasteiger partial charge >= 0.3 is 0 Å². The topological polar surface area (TPSA) is 47.9 Å². The van der Waals surface area contributed by atoms with Gasteiger partial charge in [-0.3, -0.25) is 0 Å². The van der Waals surface area contributed by atoms with Gasteiger partial charge in [-0.05, 0) is 29.3 Å². The highest BCUT2D eigenvalue weighted by atomic mass is 35.5. The van der Waals surface area contributed by atoms with E-state index in [1.807, 2.05) is 36.4 Å². The fraction of sp³-hybridized carbons (Fsp3) is 0.333. The molecule has 2 atom stereocenters. The molecule has 2 aromatic rings. The lowest BCUT2D eigenvalue weighted by Crippen LogP contribution is -2.23. The molecule has 0 radical (unpaired) electrons. The minimum Gasteiger partial charge on any atom is -0.497 e. The lowest BCUT2D eigenvalue weighted by Gasteiger charge is -2.25. The zero-order valence-electron chi connectivity index (χ0n) is 13.1. The molecule has 3 rings (SSSR count). The summed E-state index contributed by atoms with van der Waals surface area (Å²) in [6.45, 7) is 0.664. The quantitative estimate of drug-likeness (QED) is 0.934. The van der Waals surface area contributed by atoms with Crippen LogP contribution < -0.4 is 9.47 Å². The van der Waals surface area contributed by atoms with Crippen molar-refractivity contribution in [3.8, 4) is 11.5 Å². The lowest BCUT2D eigenvalue weighted by atomic mass is 9.84. The van der Waals surface area contributed by atoms with Gasteiger partial charge in [-0.25, -0.2) is 0 Å². The van der Waals surface area contributed by atoms with Crippen LogP contribution in [0.2, 0.25) is 5.02 Å². The van der Waals surface area contributed by atoms with Gasteiger partial charge in [-0.15, -0.1) is 0 Å². The van der Waals surface area contributed by atoms with Crippen molar-refractivity contribution in [3.63, 3.8) is 0 Å². The normalized spacial score (nSPS) is 20.5. The maximum absolute atomic E-state index is 10.6. The summed E-state index contributed by atoms with van der Waals surface area (Å²) in [7, 11) is 3.23. The molecule has 1 N–H and O–H groups in total. The molecule has 1 aliphatic rings. The van der Waals surface area contributed by atoms with Crippen molar-refractivity contribution in [3.05, 3.63) is 58.1 Å². The fourth-order valence-electron chi connectivity index (χ4n) is 3.05. The molecule has 0 saturated carbocycles. The van der Waals surface area contributed by atoms with Gasteiger partial charge in [-0.2, -0.15) is 0 Å². The molecule has 0 unspecified atom stereocenters. The largest absolute Gasteiger partial charge is 0.497 e. The highest BCUT2D eigenvalue weighted by molar-refractivity contribution is 6.30. The first-order chi connectivity index (χ1) is 11.1. The Morgan fingerprint density at radius 2 is 1.87 bits per heavy atom. The molecule has 0 bridgehead atoms. The zero-order valence-corrected chi connectivity index (χ0v) is 13.8. The van der Waals surface area contributed by atoms with Crippen molar-refractivity contribution in [2.45, 2.75) is 18.6 Å². The molecule has 0 saturated heterocycles. The standard InChI is InChI=1S/C18H19ClO4/c1-21-14-7-12-9-23-10-15(20)17(18(12)16(8-14)22-2)11-3-5-13(19)6-4-11/h3-8,15,17,20H,9-10H2,1-2H3/t15-,17+/m1/s1. The first-order valence-electron chi connectivity index (χ1n) is 7.40. The van der Waals surface area contributed by atoms with Crippen molar-refractivity contribution >= 4 is 11.6 Å². The number of fused-ring (bicyclic) bond motifs is 1. The van der Waals surface area contributed by atoms with Crippen LogP contribution in [0.3, 0.4) is 0 Å². The fourth-order valence-corrected chi connectivity index (χ4v) is 3.18. The van der Waals surface area contributed by atoms with Crippen LogP contribution in [0.25, 0.3) is 0 Å². The molecule has 1 aliphatic heterocycles. The summed E-state index contributed by atoms with van der Waals surface area (Å²) in [6, 6.07) is 11.3. The van der Waals surface area contributed by atoms with Crippen LogP contribution >= 0.6 is 11.6 Å². The molecule has 1 heterocycles. The number of hydrogen-bond acceptors (Lipinski definition) is 4. The van der Waals surface area contributed by atoms with E-state index in [1.54, 1.807) is 14.2 Å². The third-order valence-corrected chi connectivity index (χ3v) is 4.38. The van der Waals surface area contributed by atoms with Crippen LogP contribution in [0.5, 0.6) is 11.5 Å². The third-order valence-electron chi connectivity index (χ3n) is 4.13. The Labute approximate surface area is 140 Å². The molecule has 2 aromatic carbocycles. The van der Waals surface area contributed by atoms with Gasteiger partial charge in [0.15, 0.2) is 0 Å². The average Bonchev–Trinajstić information content (AvgIpc) is 2.73. The van der Waals surface area contributed by atoms with Crippen LogP contribution in [0.15, 0.2) is 36.4 Å². The summed E-state index contributed by atoms with van der Waals surface area (Å²) in [5, 5.41) is 11.3. The minimum absolute atomic E-state index is 0.245. The smallest absolute Gasteiger partial charge is 0.126 e. The molecular weight excluding hydrogens is 316 g/mol. The van der Waals surface area contributed by atoms with E-state index in [9.17, 15) is 5.11 Å². The van der Waals surface area contributed by atoms with Gasteiger partial charge in [0.2, 0.25) is 0 Å². The summed E-state index contributed by atoms with van der Waals surface area (Å²) in [5.41, 5.74) is 2.86. The third kappa shape index (κ3) is 3.15. The second-order valence-electron chi connectivity index (χ2n) is 5.51. The van der Waals surface area contributed by atoms with E-state index in [0.29, 0.717) is 23.1 Å². The maximum atomic E-state index is 10.6. The molecule has 0 fully saturated rings. The van der Waals surface area contributed by atoms with Gasteiger partial charge in [0.1, 0.15) is 11.5 Å². The Bertz CT molecular complexity index is 684. The Morgan fingerprint density at radius 3 is 2.52 bits per heavy atom. The van der Waals surface area contributed by atoms with Gasteiger partial charge in [0.05, 0.1) is 33.5 Å². The lowest BCUT2D eigenvalue weighted by molar-refractivity contribution is 0.0296. The molecule has 0 aromatic heterocycles. The number of halogens is 1. The van der Waals surface area contributed by atoms with Crippen LogP contribution in [-0.2, 0) is 11.3 Å². The minimum atomic E-state index is -0.667. The van der Waals surface area contributed by atoms with Crippen LogP contribution in [0, 0.1) is 0 Å². The molecule has 23 heavy (non-hydrogen) atoms. The van der Waals surface area contributed by atoms with E-state index in [4.69, 9.17) is 25.8 Å². The number of hydrogen-bond donors (Lipinski definition) is 1. The number of ether oxygens (including phenoxy) is 3. The van der Waals surface area contributed by atoms with Gasteiger partial charge in [0, 0.05) is 22.6 Å². The van der Waals surface area contributed by atoms with E-state index in [0.717, 1.165) is 16.7 Å². The molecule has 4 nitrogen and oxygen atoms in total. The van der Waals surface area contributed by atoms with E-state index in [2.05, 4.69) is 0 Å². The monoisotopic (exact) mass is 334 g/mol. The molecule has 0 spiro atoms. The average molecular weight is 335 g/mol. The molecule has 0 aliphatic carbocycles. The number of methoxy groups -OCH3 is 2. The zero-order chi connectivity index (χ0) is 16.4. The first kappa shape index (κ1) is 16.1. The van der Waals surface area contributed by atoms with E-state index < -0.39 is 6.10 Å². The summed E-state index contributed by atoms with van der Waals surface area (Å²) in [6.07, 6.45) is -0.667.